The van der Waals surface area contributed by atoms with E-state index in [9.17, 15) is 25.9 Å². The smallest absolute Gasteiger partial charge is 0.294 e. The Morgan fingerprint density at radius 3 is 1.72 bits per heavy atom. The van der Waals surface area contributed by atoms with Crippen LogP contribution in [0.5, 0.6) is 0 Å². The summed E-state index contributed by atoms with van der Waals surface area (Å²) in [5.41, 5.74) is 1.34. The number of aromatic nitrogens is 2. The number of rotatable bonds is 21. The molecular formula is C28H48KN2O6S2. The van der Waals surface area contributed by atoms with E-state index < -0.39 is 25.5 Å². The molecule has 0 spiro atoms. The van der Waals surface area contributed by atoms with Crippen molar-refractivity contribution in [2.75, 3.05) is 0 Å². The van der Waals surface area contributed by atoms with Crippen LogP contribution in [0.15, 0.2) is 17.0 Å². The Balaban J connectivity index is 0.00000760. The van der Waals surface area contributed by atoms with Crippen molar-refractivity contribution in [1.29, 1.82) is 0 Å². The maximum atomic E-state index is 11.9. The van der Waals surface area contributed by atoms with Gasteiger partial charge in [-0.3, -0.25) is 9.11 Å². The summed E-state index contributed by atoms with van der Waals surface area (Å²) in [6.07, 6.45) is 20.2. The van der Waals surface area contributed by atoms with E-state index in [1.165, 1.54) is 96.5 Å². The number of unbranched alkanes of at least 4 members (excludes halogenated alkanes) is 14. The molecular weight excluding hydrogens is 564 g/mol. The van der Waals surface area contributed by atoms with Crippen LogP contribution >= 0.6 is 0 Å². The van der Waals surface area contributed by atoms with Gasteiger partial charge in [-0.25, -0.2) is 4.98 Å². The summed E-state index contributed by atoms with van der Waals surface area (Å²) in [6, 6.07) is 2.84. The molecule has 0 aliphatic rings. The van der Waals surface area contributed by atoms with E-state index in [-0.39, 0.29) is 74.7 Å². The summed E-state index contributed by atoms with van der Waals surface area (Å²) in [5, 5.41) is -1.06. The second-order valence-electron chi connectivity index (χ2n) is 10.7. The summed E-state index contributed by atoms with van der Waals surface area (Å²) in [5.74, 6) is 0.742. The number of aryl methyl sites for hydroxylation is 2. The van der Waals surface area contributed by atoms with Crippen LogP contribution in [0.2, 0.25) is 0 Å². The van der Waals surface area contributed by atoms with Gasteiger partial charge in [0.25, 0.3) is 20.2 Å². The van der Waals surface area contributed by atoms with Crippen molar-refractivity contribution >= 4 is 82.7 Å². The van der Waals surface area contributed by atoms with Gasteiger partial charge >= 0.3 is 0 Å². The molecule has 2 rings (SSSR count). The first-order valence-electron chi connectivity index (χ1n) is 14.5. The van der Waals surface area contributed by atoms with Crippen molar-refractivity contribution < 1.29 is 25.9 Å². The maximum absolute atomic E-state index is 11.9. The fraction of sp³-hybridized carbons (Fsp3) is 0.750. The van der Waals surface area contributed by atoms with Crippen LogP contribution in [0.25, 0.3) is 11.0 Å². The summed E-state index contributed by atoms with van der Waals surface area (Å²) >= 11 is 0. The number of H-pyrrole nitrogens is 1. The molecule has 11 heteroatoms. The molecule has 3 N–H and O–H groups in total. The van der Waals surface area contributed by atoms with Gasteiger partial charge in [-0.15, -0.1) is 0 Å². The molecule has 0 amide bonds. The second-order valence-corrected chi connectivity index (χ2v) is 13.9. The number of nitrogens with zero attached hydrogens (tertiary/aromatic N) is 1. The Morgan fingerprint density at radius 1 is 0.769 bits per heavy atom. The zero-order valence-corrected chi connectivity index (χ0v) is 29.0. The van der Waals surface area contributed by atoms with E-state index in [4.69, 9.17) is 0 Å². The Morgan fingerprint density at radius 2 is 1.26 bits per heavy atom. The standard InChI is InChI=1S/C28H48N2O6S2.K/c1-3-4-5-6-7-8-9-10-11-12-13-14-15-16-17-18-27-29-25-21-22-26(38(34,35)36)24(28(25)30-27)20-19-23(2)37(31,32)33;/h21-23H,3-20H2,1-2H3,(H,29,30)(H,31,32,33)(H,34,35,36);. The average Bonchev–Trinajstić information content (AvgIpc) is 3.26. The van der Waals surface area contributed by atoms with Crippen LogP contribution in [0, 0.1) is 0 Å². The topological polar surface area (TPSA) is 137 Å². The molecule has 8 nitrogen and oxygen atoms in total. The summed E-state index contributed by atoms with van der Waals surface area (Å²) < 4.78 is 65.6. The predicted molar refractivity (Wildman–Crippen MR) is 160 cm³/mol. The molecule has 0 saturated heterocycles. The molecule has 1 heterocycles. The van der Waals surface area contributed by atoms with E-state index in [1.54, 1.807) is 6.07 Å². The minimum Gasteiger partial charge on any atom is -0.342 e. The number of fused-ring (bicyclic) bond motifs is 1. The molecule has 1 atom stereocenters. The van der Waals surface area contributed by atoms with Crippen molar-refractivity contribution in [2.24, 2.45) is 0 Å². The average molecular weight is 612 g/mol. The van der Waals surface area contributed by atoms with Gasteiger partial charge in [0.1, 0.15) is 5.82 Å². The van der Waals surface area contributed by atoms with E-state index in [0.717, 1.165) is 25.1 Å². The molecule has 0 aliphatic heterocycles. The Kier molecular flexibility index (Phi) is 18.4. The molecule has 39 heavy (non-hydrogen) atoms. The van der Waals surface area contributed by atoms with Crippen molar-refractivity contribution in [3.63, 3.8) is 0 Å². The van der Waals surface area contributed by atoms with Gasteiger partial charge in [0.05, 0.1) is 21.2 Å². The van der Waals surface area contributed by atoms with Crippen molar-refractivity contribution in [3.8, 4) is 0 Å². The first kappa shape index (κ1) is 37.2. The quantitative estimate of drug-likeness (QED) is 0.0781. The van der Waals surface area contributed by atoms with Crippen molar-refractivity contribution in [1.82, 2.24) is 9.97 Å². The first-order valence-corrected chi connectivity index (χ1v) is 17.4. The van der Waals surface area contributed by atoms with Crippen LogP contribution in [0.3, 0.4) is 0 Å². The molecule has 0 saturated carbocycles. The van der Waals surface area contributed by atoms with Crippen molar-refractivity contribution in [2.45, 2.75) is 140 Å². The minimum atomic E-state index is -4.50. The van der Waals surface area contributed by atoms with Gasteiger partial charge in [0.15, 0.2) is 0 Å². The third kappa shape index (κ3) is 14.2. The molecule has 0 bridgehead atoms. The molecule has 2 aromatic rings. The van der Waals surface area contributed by atoms with Crippen LogP contribution in [0.4, 0.5) is 0 Å². The van der Waals surface area contributed by atoms with E-state index >= 15 is 0 Å². The molecule has 1 radical (unpaired) electrons. The number of benzene rings is 1. The Bertz CT molecular complexity index is 1180. The summed E-state index contributed by atoms with van der Waals surface area (Å²) in [7, 11) is -8.74. The molecule has 219 valence electrons. The SMILES string of the molecule is CCCCCCCCCCCCCCCCCc1nc2ccc(S(=O)(=O)O)c(CCC(C)S(=O)(=O)O)c2[nH]1.[K]. The van der Waals surface area contributed by atoms with E-state index in [2.05, 4.69) is 16.9 Å². The minimum absolute atomic E-state index is 0. The number of nitrogens with one attached hydrogen (secondary N) is 1. The monoisotopic (exact) mass is 611 g/mol. The number of imidazole rings is 1. The normalized spacial score (nSPS) is 13.0. The fourth-order valence-electron chi connectivity index (χ4n) is 4.94. The van der Waals surface area contributed by atoms with Crippen LogP contribution in [0.1, 0.15) is 128 Å². The van der Waals surface area contributed by atoms with Gasteiger partial charge < -0.3 is 4.98 Å². The fourth-order valence-corrected chi connectivity index (χ4v) is 6.11. The summed E-state index contributed by atoms with van der Waals surface area (Å²) in [6.45, 7) is 3.61. The molecule has 0 aliphatic carbocycles. The number of hydrogen-bond donors (Lipinski definition) is 3. The maximum Gasteiger partial charge on any atom is 0.294 e. The largest absolute Gasteiger partial charge is 0.342 e. The third-order valence-corrected chi connectivity index (χ3v) is 9.57. The van der Waals surface area contributed by atoms with Crippen molar-refractivity contribution in [3.05, 3.63) is 23.5 Å². The summed E-state index contributed by atoms with van der Waals surface area (Å²) in [4.78, 5) is 7.50. The Hall–Kier alpha value is 0.146. The molecule has 1 aromatic carbocycles. The van der Waals surface area contributed by atoms with Gasteiger partial charge in [-0.05, 0) is 43.9 Å². The van der Waals surface area contributed by atoms with E-state index in [0.29, 0.717) is 11.0 Å². The number of hydrogen-bond acceptors (Lipinski definition) is 5. The Labute approximate surface area is 278 Å². The molecule has 0 fully saturated rings. The predicted octanol–water partition coefficient (Wildman–Crippen LogP) is 7.05. The van der Waals surface area contributed by atoms with Crippen LogP contribution in [-0.2, 0) is 33.1 Å². The van der Waals surface area contributed by atoms with Crippen LogP contribution < -0.4 is 0 Å². The van der Waals surface area contributed by atoms with Crippen LogP contribution in [-0.4, -0.2) is 92.5 Å². The van der Waals surface area contributed by atoms with Gasteiger partial charge in [-0.1, -0.05) is 96.8 Å². The second kappa shape index (κ2) is 19.4. The third-order valence-electron chi connectivity index (χ3n) is 7.38. The van der Waals surface area contributed by atoms with Gasteiger partial charge in [0.2, 0.25) is 0 Å². The zero-order chi connectivity index (χ0) is 28.0. The van der Waals surface area contributed by atoms with Gasteiger partial charge in [-0.2, -0.15) is 16.8 Å². The first-order chi connectivity index (χ1) is 18.0. The molecule has 1 aromatic heterocycles. The van der Waals surface area contributed by atoms with E-state index in [1.807, 2.05) is 0 Å². The molecule has 1 unspecified atom stereocenters. The zero-order valence-electron chi connectivity index (χ0n) is 24.3. The van der Waals surface area contributed by atoms with Gasteiger partial charge in [0, 0.05) is 57.8 Å². The number of aromatic amines is 1.